The highest BCUT2D eigenvalue weighted by Crippen LogP contribution is 2.06. The van der Waals surface area contributed by atoms with Crippen LogP contribution in [0.3, 0.4) is 0 Å². The molecule has 28 heavy (non-hydrogen) atoms. The molecule has 8 heteroatoms. The third kappa shape index (κ3) is 5.04. The van der Waals surface area contributed by atoms with Gasteiger partial charge in [-0.05, 0) is 29.8 Å². The quantitative estimate of drug-likeness (QED) is 0.562. The topological polar surface area (TPSA) is 113 Å². The zero-order valence-electron chi connectivity index (χ0n) is 14.8. The molecule has 0 unspecified atom stereocenters. The number of furan rings is 1. The Bertz CT molecular complexity index is 927. The van der Waals surface area contributed by atoms with E-state index in [9.17, 15) is 14.4 Å². The molecule has 142 valence electrons. The van der Waals surface area contributed by atoms with Gasteiger partial charge in [-0.3, -0.25) is 30.2 Å². The summed E-state index contributed by atoms with van der Waals surface area (Å²) in [5.74, 6) is -1.58. The lowest BCUT2D eigenvalue weighted by Crippen LogP contribution is -2.53. The number of pyridine rings is 1. The molecular weight excluding hydrogens is 360 g/mol. The van der Waals surface area contributed by atoms with Gasteiger partial charge in [0.1, 0.15) is 11.7 Å². The van der Waals surface area contributed by atoms with Crippen LogP contribution in [0.1, 0.15) is 26.6 Å². The Labute approximate surface area is 160 Å². The smallest absolute Gasteiger partial charge is 0.288 e. The summed E-state index contributed by atoms with van der Waals surface area (Å²) in [6.07, 6.45) is 3.07. The van der Waals surface area contributed by atoms with Gasteiger partial charge in [-0.25, -0.2) is 0 Å². The molecule has 8 nitrogen and oxygen atoms in total. The maximum absolute atomic E-state index is 12.6. The van der Waals surface area contributed by atoms with Crippen molar-refractivity contribution in [3.63, 3.8) is 0 Å². The first-order valence-corrected chi connectivity index (χ1v) is 8.53. The number of amides is 3. The van der Waals surface area contributed by atoms with E-state index in [0.717, 1.165) is 5.56 Å². The summed E-state index contributed by atoms with van der Waals surface area (Å²) < 4.78 is 5.06. The highest BCUT2D eigenvalue weighted by atomic mass is 16.3. The summed E-state index contributed by atoms with van der Waals surface area (Å²) in [5, 5.41) is 2.62. The van der Waals surface area contributed by atoms with Crippen molar-refractivity contribution >= 4 is 17.7 Å². The van der Waals surface area contributed by atoms with E-state index in [-0.39, 0.29) is 17.9 Å². The molecule has 2 aromatic heterocycles. The SMILES string of the molecule is O=C(NNC(=O)[C@H](Cc1ccccc1)NC(=O)c1ccco1)c1ccccn1. The van der Waals surface area contributed by atoms with Crippen LogP contribution in [-0.2, 0) is 11.2 Å². The molecule has 0 aliphatic heterocycles. The normalized spacial score (nSPS) is 11.3. The monoisotopic (exact) mass is 378 g/mol. The Hall–Kier alpha value is -3.94. The minimum absolute atomic E-state index is 0.0865. The maximum Gasteiger partial charge on any atom is 0.288 e. The Kier molecular flexibility index (Phi) is 6.14. The lowest BCUT2D eigenvalue weighted by Gasteiger charge is -2.18. The fourth-order valence-electron chi connectivity index (χ4n) is 2.46. The fourth-order valence-corrected chi connectivity index (χ4v) is 2.46. The number of nitrogens with one attached hydrogen (secondary N) is 3. The van der Waals surface area contributed by atoms with Gasteiger partial charge in [-0.15, -0.1) is 0 Å². The Morgan fingerprint density at radius 3 is 2.36 bits per heavy atom. The number of hydrogen-bond acceptors (Lipinski definition) is 5. The average Bonchev–Trinajstić information content (AvgIpc) is 3.28. The van der Waals surface area contributed by atoms with Gasteiger partial charge >= 0.3 is 0 Å². The second-order valence-electron chi connectivity index (χ2n) is 5.85. The van der Waals surface area contributed by atoms with Crippen LogP contribution in [0.25, 0.3) is 0 Å². The van der Waals surface area contributed by atoms with Crippen LogP contribution in [0.4, 0.5) is 0 Å². The summed E-state index contributed by atoms with van der Waals surface area (Å²) in [5.41, 5.74) is 5.63. The van der Waals surface area contributed by atoms with Crippen LogP contribution >= 0.6 is 0 Å². The zero-order chi connectivity index (χ0) is 19.8. The molecule has 3 amide bonds. The molecule has 0 spiro atoms. The molecule has 3 N–H and O–H groups in total. The van der Waals surface area contributed by atoms with Gasteiger partial charge in [0, 0.05) is 12.6 Å². The van der Waals surface area contributed by atoms with E-state index < -0.39 is 23.8 Å². The van der Waals surface area contributed by atoms with Gasteiger partial charge in [-0.1, -0.05) is 36.4 Å². The summed E-state index contributed by atoms with van der Waals surface area (Å²) >= 11 is 0. The number of carbonyl (C=O) groups excluding carboxylic acids is 3. The first-order valence-electron chi connectivity index (χ1n) is 8.53. The van der Waals surface area contributed by atoms with Gasteiger partial charge in [0.2, 0.25) is 0 Å². The van der Waals surface area contributed by atoms with E-state index >= 15 is 0 Å². The molecule has 1 aromatic carbocycles. The second kappa shape index (κ2) is 9.13. The largest absolute Gasteiger partial charge is 0.459 e. The molecule has 1 atom stereocenters. The van der Waals surface area contributed by atoms with Crippen molar-refractivity contribution in [1.82, 2.24) is 21.2 Å². The average molecular weight is 378 g/mol. The van der Waals surface area contributed by atoms with Gasteiger partial charge in [-0.2, -0.15) is 0 Å². The molecule has 0 aliphatic rings. The predicted molar refractivity (Wildman–Crippen MR) is 100.0 cm³/mol. The van der Waals surface area contributed by atoms with E-state index in [2.05, 4.69) is 21.2 Å². The number of hydrogen-bond donors (Lipinski definition) is 3. The van der Waals surface area contributed by atoms with Crippen molar-refractivity contribution in [2.45, 2.75) is 12.5 Å². The molecular formula is C20H18N4O4. The van der Waals surface area contributed by atoms with Crippen molar-refractivity contribution in [3.8, 4) is 0 Å². The number of nitrogens with zero attached hydrogens (tertiary/aromatic N) is 1. The molecule has 0 saturated carbocycles. The molecule has 0 radical (unpaired) electrons. The van der Waals surface area contributed by atoms with Crippen LogP contribution in [-0.4, -0.2) is 28.7 Å². The number of aromatic nitrogens is 1. The Morgan fingerprint density at radius 2 is 1.68 bits per heavy atom. The van der Waals surface area contributed by atoms with Crippen molar-refractivity contribution < 1.29 is 18.8 Å². The van der Waals surface area contributed by atoms with Crippen molar-refractivity contribution in [2.75, 3.05) is 0 Å². The molecule has 0 saturated heterocycles. The molecule has 2 heterocycles. The number of rotatable bonds is 6. The van der Waals surface area contributed by atoms with Crippen molar-refractivity contribution in [3.05, 3.63) is 90.1 Å². The molecule has 0 fully saturated rings. The third-order valence-corrected chi connectivity index (χ3v) is 3.85. The van der Waals surface area contributed by atoms with E-state index in [4.69, 9.17) is 4.42 Å². The summed E-state index contributed by atoms with van der Waals surface area (Å²) in [7, 11) is 0. The zero-order valence-corrected chi connectivity index (χ0v) is 14.8. The lowest BCUT2D eigenvalue weighted by atomic mass is 10.1. The van der Waals surface area contributed by atoms with Crippen LogP contribution in [0.15, 0.2) is 77.5 Å². The highest BCUT2D eigenvalue weighted by molar-refractivity contribution is 5.97. The van der Waals surface area contributed by atoms with Crippen LogP contribution < -0.4 is 16.2 Å². The molecule has 0 bridgehead atoms. The minimum atomic E-state index is -0.927. The first-order chi connectivity index (χ1) is 13.6. The standard InChI is InChI=1S/C20H18N4O4/c25-18(15-9-4-5-11-21-15)23-24-19(26)16(13-14-7-2-1-3-8-14)22-20(27)17-10-6-12-28-17/h1-12,16H,13H2,(H,22,27)(H,23,25)(H,24,26)/t16-/m0/s1. The van der Waals surface area contributed by atoms with E-state index in [0.29, 0.717) is 0 Å². The predicted octanol–water partition coefficient (Wildman–Crippen LogP) is 1.48. The van der Waals surface area contributed by atoms with Crippen molar-refractivity contribution in [2.24, 2.45) is 0 Å². The summed E-state index contributed by atoms with van der Waals surface area (Å²) in [6.45, 7) is 0. The van der Waals surface area contributed by atoms with Crippen molar-refractivity contribution in [1.29, 1.82) is 0 Å². The van der Waals surface area contributed by atoms with Gasteiger partial charge in [0.05, 0.1) is 6.26 Å². The molecule has 3 rings (SSSR count). The Balaban J connectivity index is 1.67. The Morgan fingerprint density at radius 1 is 0.893 bits per heavy atom. The van der Waals surface area contributed by atoms with Crippen LogP contribution in [0.2, 0.25) is 0 Å². The summed E-state index contributed by atoms with van der Waals surface area (Å²) in [6, 6.07) is 16.2. The maximum atomic E-state index is 12.6. The van der Waals surface area contributed by atoms with Gasteiger partial charge < -0.3 is 9.73 Å². The number of benzene rings is 1. The van der Waals surface area contributed by atoms with Gasteiger partial charge in [0.25, 0.3) is 17.7 Å². The number of carbonyl (C=O) groups is 3. The lowest BCUT2D eigenvalue weighted by molar-refractivity contribution is -0.123. The first kappa shape index (κ1) is 18.8. The third-order valence-electron chi connectivity index (χ3n) is 3.85. The summed E-state index contributed by atoms with van der Waals surface area (Å²) in [4.78, 5) is 40.8. The molecule has 3 aromatic rings. The number of hydrazine groups is 1. The molecule has 0 aliphatic carbocycles. The fraction of sp³-hybridized carbons (Fsp3) is 0.100. The van der Waals surface area contributed by atoms with E-state index in [1.165, 1.54) is 24.6 Å². The highest BCUT2D eigenvalue weighted by Gasteiger charge is 2.23. The minimum Gasteiger partial charge on any atom is -0.459 e. The van der Waals surface area contributed by atoms with Crippen LogP contribution in [0.5, 0.6) is 0 Å². The van der Waals surface area contributed by atoms with E-state index in [1.54, 1.807) is 18.2 Å². The van der Waals surface area contributed by atoms with Gasteiger partial charge in [0.15, 0.2) is 5.76 Å². The van der Waals surface area contributed by atoms with E-state index in [1.807, 2.05) is 30.3 Å². The second-order valence-corrected chi connectivity index (χ2v) is 5.85. The van der Waals surface area contributed by atoms with Crippen LogP contribution in [0, 0.1) is 0 Å².